The van der Waals surface area contributed by atoms with E-state index in [1.165, 1.54) is 0 Å². The molecule has 0 spiro atoms. The van der Waals surface area contributed by atoms with E-state index in [-0.39, 0.29) is 0 Å². The van der Waals surface area contributed by atoms with E-state index in [0.717, 1.165) is 0 Å². The van der Waals surface area contributed by atoms with E-state index < -0.39 is 45.8 Å². The minimum absolute atomic E-state index is 0.643. The van der Waals surface area contributed by atoms with Gasteiger partial charge >= 0.3 is 13.8 Å². The molecule has 0 radical (unpaired) electrons. The summed E-state index contributed by atoms with van der Waals surface area (Å²) in [7, 11) is -4.69. The first-order valence-electron chi connectivity index (χ1n) is 4.18. The lowest BCUT2D eigenvalue weighted by Crippen LogP contribution is -2.39. The molecule has 6 N–H and O–H groups in total. The minimum Gasteiger partial charge on any atom is -0.456 e. The average Bonchev–Trinajstić information content (AvgIpc) is 2.21. The number of phosphoric acid groups is 1. The fraction of sp³-hybridized carbons (Fsp3) is 0.833. The highest BCUT2D eigenvalue weighted by molar-refractivity contribution is 7.46. The summed E-state index contributed by atoms with van der Waals surface area (Å²) < 4.78 is 18.8. The van der Waals surface area contributed by atoms with Gasteiger partial charge in [-0.1, -0.05) is 0 Å². The summed E-state index contributed by atoms with van der Waals surface area (Å²) in [6, 6.07) is -1.27. The van der Waals surface area contributed by atoms with Gasteiger partial charge in [0, 0.05) is 0 Å². The van der Waals surface area contributed by atoms with Crippen molar-refractivity contribution < 1.29 is 38.6 Å². The molecule has 0 heterocycles. The normalized spacial score (nSPS) is 15.6. The van der Waals surface area contributed by atoms with E-state index in [0.29, 0.717) is 0 Å². The smallest absolute Gasteiger partial charge is 0.456 e. The van der Waals surface area contributed by atoms with E-state index in [4.69, 9.17) is 25.7 Å². The van der Waals surface area contributed by atoms with Gasteiger partial charge in [0.25, 0.3) is 0 Å². The van der Waals surface area contributed by atoms with E-state index >= 15 is 0 Å². The third-order valence-corrected chi connectivity index (χ3v) is 1.90. The summed E-state index contributed by atoms with van der Waals surface area (Å²) >= 11 is 0. The summed E-state index contributed by atoms with van der Waals surface area (Å²) in [5.74, 6) is -1.00. The second-order valence-electron chi connectivity index (χ2n) is 2.82. The highest BCUT2D eigenvalue weighted by Crippen LogP contribution is 2.35. The second kappa shape index (κ2) is 6.92. The van der Waals surface area contributed by atoms with E-state index in [1.807, 2.05) is 0 Å². The maximum Gasteiger partial charge on any atom is 0.469 e. The summed E-state index contributed by atoms with van der Waals surface area (Å²) in [4.78, 5) is 27.7. The molecule has 0 amide bonds. The standard InChI is InChI=1S/C6H14NO8P/c7-5(2-9)6(10)15-4(1-8)3-14-16(11,12)13/h4-5,8-9H,1-3,7H2,(H2,11,12,13)/t4?,5-/m0/s1. The molecule has 0 fully saturated rings. The summed E-state index contributed by atoms with van der Waals surface area (Å²) in [5, 5.41) is 17.2. The molecule has 0 aliphatic carbocycles. The van der Waals surface area contributed by atoms with Gasteiger partial charge < -0.3 is 30.5 Å². The SMILES string of the molecule is N[C@@H](CO)C(=O)OC(CO)COP(=O)(O)O. The maximum absolute atomic E-state index is 11.0. The molecule has 96 valence electrons. The number of ether oxygens (including phenoxy) is 1. The zero-order valence-corrected chi connectivity index (χ0v) is 9.12. The molecular formula is C6H14NO8P. The molecule has 0 rings (SSSR count). The molecule has 10 heteroatoms. The van der Waals surface area contributed by atoms with Crippen LogP contribution in [0.25, 0.3) is 0 Å². The van der Waals surface area contributed by atoms with Crippen LogP contribution >= 0.6 is 7.82 Å². The van der Waals surface area contributed by atoms with Gasteiger partial charge in [-0.05, 0) is 0 Å². The number of esters is 1. The Balaban J connectivity index is 4.11. The fourth-order valence-electron chi connectivity index (χ4n) is 0.630. The Morgan fingerprint density at radius 2 is 1.88 bits per heavy atom. The lowest BCUT2D eigenvalue weighted by molar-refractivity contribution is -0.155. The molecule has 0 aromatic rings. The Hall–Kier alpha value is -0.540. The number of phosphoric ester groups is 1. The van der Waals surface area contributed by atoms with E-state index in [2.05, 4.69) is 9.26 Å². The molecule has 0 bridgehead atoms. The average molecular weight is 259 g/mol. The Morgan fingerprint density at radius 1 is 1.31 bits per heavy atom. The van der Waals surface area contributed by atoms with Crippen LogP contribution in [0.2, 0.25) is 0 Å². The van der Waals surface area contributed by atoms with Crippen molar-refractivity contribution in [3.05, 3.63) is 0 Å². The fourth-order valence-corrected chi connectivity index (χ4v) is 0.991. The van der Waals surface area contributed by atoms with Gasteiger partial charge in [-0.3, -0.25) is 9.32 Å². The van der Waals surface area contributed by atoms with Crippen molar-refractivity contribution in [3.63, 3.8) is 0 Å². The molecule has 0 saturated heterocycles. The highest BCUT2D eigenvalue weighted by atomic mass is 31.2. The first kappa shape index (κ1) is 15.5. The lowest BCUT2D eigenvalue weighted by atomic mass is 10.3. The zero-order valence-electron chi connectivity index (χ0n) is 8.22. The van der Waals surface area contributed by atoms with Gasteiger partial charge in [0.2, 0.25) is 0 Å². The van der Waals surface area contributed by atoms with Gasteiger partial charge in [-0.15, -0.1) is 0 Å². The Morgan fingerprint density at radius 3 is 2.25 bits per heavy atom. The van der Waals surface area contributed by atoms with Crippen LogP contribution in [0.15, 0.2) is 0 Å². The van der Waals surface area contributed by atoms with Crippen molar-refractivity contribution in [2.45, 2.75) is 12.1 Å². The zero-order chi connectivity index (χ0) is 12.8. The monoisotopic (exact) mass is 259 g/mol. The van der Waals surface area contributed by atoms with Crippen molar-refractivity contribution in [1.29, 1.82) is 0 Å². The van der Waals surface area contributed by atoms with Crippen LogP contribution in [0, 0.1) is 0 Å². The van der Waals surface area contributed by atoms with Crippen molar-refractivity contribution in [1.82, 2.24) is 0 Å². The number of nitrogens with two attached hydrogens (primary N) is 1. The molecule has 9 nitrogen and oxygen atoms in total. The number of hydrogen-bond donors (Lipinski definition) is 5. The van der Waals surface area contributed by atoms with Crippen molar-refractivity contribution >= 4 is 13.8 Å². The van der Waals surface area contributed by atoms with Gasteiger partial charge in [-0.25, -0.2) is 4.57 Å². The van der Waals surface area contributed by atoms with Gasteiger partial charge in [0.1, 0.15) is 12.1 Å². The first-order valence-corrected chi connectivity index (χ1v) is 5.71. The van der Waals surface area contributed by atoms with Crippen LogP contribution in [0.4, 0.5) is 0 Å². The molecule has 0 aliphatic heterocycles. The number of aliphatic hydroxyl groups excluding tert-OH is 2. The number of rotatable bonds is 7. The lowest BCUT2D eigenvalue weighted by Gasteiger charge is -2.17. The molecule has 2 atom stereocenters. The molecule has 0 aromatic carbocycles. The third-order valence-electron chi connectivity index (χ3n) is 1.41. The Bertz CT molecular complexity index is 265. The predicted octanol–water partition coefficient (Wildman–Crippen LogP) is -2.68. The molecule has 0 aliphatic rings. The first-order chi connectivity index (χ1) is 7.30. The molecule has 1 unspecified atom stereocenters. The number of carbonyl (C=O) groups excluding carboxylic acids is 1. The largest absolute Gasteiger partial charge is 0.469 e. The molecular weight excluding hydrogens is 245 g/mol. The molecule has 0 aromatic heterocycles. The van der Waals surface area contributed by atoms with Crippen LogP contribution in [-0.2, 0) is 18.6 Å². The van der Waals surface area contributed by atoms with E-state index in [1.54, 1.807) is 0 Å². The quantitative estimate of drug-likeness (QED) is 0.242. The van der Waals surface area contributed by atoms with Gasteiger partial charge in [0.05, 0.1) is 19.8 Å². The van der Waals surface area contributed by atoms with Crippen molar-refractivity contribution in [2.24, 2.45) is 5.73 Å². The maximum atomic E-state index is 11.0. The van der Waals surface area contributed by atoms with Gasteiger partial charge in [0.15, 0.2) is 0 Å². The van der Waals surface area contributed by atoms with Gasteiger partial charge in [-0.2, -0.15) is 0 Å². The summed E-state index contributed by atoms with van der Waals surface area (Å²) in [6.07, 6.45) is -1.25. The van der Waals surface area contributed by atoms with Crippen LogP contribution in [0.3, 0.4) is 0 Å². The Kier molecular flexibility index (Phi) is 6.68. The summed E-state index contributed by atoms with van der Waals surface area (Å²) in [6.45, 7) is -2.01. The Labute approximate surface area is 91.0 Å². The second-order valence-corrected chi connectivity index (χ2v) is 4.06. The number of aliphatic hydroxyl groups is 2. The van der Waals surface area contributed by atoms with Crippen LogP contribution < -0.4 is 5.73 Å². The van der Waals surface area contributed by atoms with Crippen molar-refractivity contribution in [3.8, 4) is 0 Å². The van der Waals surface area contributed by atoms with Crippen LogP contribution in [0.1, 0.15) is 0 Å². The van der Waals surface area contributed by atoms with Crippen LogP contribution in [0.5, 0.6) is 0 Å². The predicted molar refractivity (Wildman–Crippen MR) is 50.0 cm³/mol. The van der Waals surface area contributed by atoms with Crippen LogP contribution in [-0.4, -0.2) is 57.9 Å². The third kappa shape index (κ3) is 6.85. The molecule has 0 saturated carbocycles. The minimum atomic E-state index is -4.69. The van der Waals surface area contributed by atoms with Crippen molar-refractivity contribution in [2.75, 3.05) is 19.8 Å². The summed E-state index contributed by atoms with van der Waals surface area (Å²) in [5.41, 5.74) is 5.10. The number of hydrogen-bond acceptors (Lipinski definition) is 7. The highest BCUT2D eigenvalue weighted by Gasteiger charge is 2.23. The topological polar surface area (TPSA) is 160 Å². The molecule has 16 heavy (non-hydrogen) atoms. The number of carbonyl (C=O) groups is 1. The van der Waals surface area contributed by atoms with E-state index in [9.17, 15) is 9.36 Å².